The summed E-state index contributed by atoms with van der Waals surface area (Å²) in [5, 5.41) is 25.2. The molecule has 2 atom stereocenters. The fourth-order valence-electron chi connectivity index (χ4n) is 4.42. The lowest BCUT2D eigenvalue weighted by Gasteiger charge is -2.22. The van der Waals surface area contributed by atoms with Crippen molar-refractivity contribution in [2.75, 3.05) is 33.1 Å². The standard InChI is InChI=1S/C29H33N7O5/c1-17(16-35(2)3)41-23-14-11-19(15-24(23)40-4)25(32-20-12-9-18(10-13-20)26(30)31)27-33-29(39)36(34-27)22-8-6-5-7-21(22)28(37)38/h5-15,17,25,32H,16H2,1-4H3,(H3,30,31)(H,37,38)(H,33,34,39). The number of rotatable bonds is 12. The SMILES string of the molecule is COc1cc(C(Nc2ccc(C(=N)N)cc2)c2nn(-c3ccccc3C(=O)O)c(=O)[nH]2)ccc1OC(C)CN(C)C. The minimum atomic E-state index is -1.18. The number of likely N-dealkylation sites (N-methyl/N-ethyl adjacent to an activating group) is 1. The number of methoxy groups -OCH3 is 1. The van der Waals surface area contributed by atoms with Gasteiger partial charge in [0, 0.05) is 17.8 Å². The van der Waals surface area contributed by atoms with Gasteiger partial charge in [0.1, 0.15) is 18.0 Å². The summed E-state index contributed by atoms with van der Waals surface area (Å²) >= 11 is 0. The monoisotopic (exact) mass is 559 g/mol. The number of nitrogens with one attached hydrogen (secondary N) is 3. The number of amidine groups is 1. The van der Waals surface area contributed by atoms with Gasteiger partial charge in [-0.05, 0) is 75.1 Å². The van der Waals surface area contributed by atoms with Crippen molar-refractivity contribution in [3.8, 4) is 17.2 Å². The predicted molar refractivity (Wildman–Crippen MR) is 156 cm³/mol. The molecule has 41 heavy (non-hydrogen) atoms. The zero-order valence-electron chi connectivity index (χ0n) is 23.2. The molecule has 4 rings (SSSR count). The Hall–Kier alpha value is -5.10. The molecule has 214 valence electrons. The maximum atomic E-state index is 13.0. The largest absolute Gasteiger partial charge is 0.493 e. The number of carbonyl (C=O) groups is 1. The maximum Gasteiger partial charge on any atom is 0.348 e. The van der Waals surface area contributed by atoms with Crippen LogP contribution in [0, 0.1) is 5.41 Å². The Morgan fingerprint density at radius 3 is 2.49 bits per heavy atom. The Balaban J connectivity index is 1.78. The molecule has 2 unspecified atom stereocenters. The van der Waals surface area contributed by atoms with E-state index >= 15 is 0 Å². The normalized spacial score (nSPS) is 12.5. The summed E-state index contributed by atoms with van der Waals surface area (Å²) in [5.41, 5.74) is 6.99. The molecule has 0 bridgehead atoms. The molecule has 4 aromatic rings. The lowest BCUT2D eigenvalue weighted by molar-refractivity contribution is 0.0696. The van der Waals surface area contributed by atoms with Gasteiger partial charge in [0.25, 0.3) is 0 Å². The van der Waals surface area contributed by atoms with Crippen LogP contribution in [0.1, 0.15) is 40.3 Å². The molecule has 0 amide bonds. The number of para-hydroxylation sites is 1. The van der Waals surface area contributed by atoms with Gasteiger partial charge in [-0.15, -0.1) is 5.10 Å². The highest BCUT2D eigenvalue weighted by Gasteiger charge is 2.24. The number of aromatic amines is 1. The first-order valence-corrected chi connectivity index (χ1v) is 12.8. The van der Waals surface area contributed by atoms with E-state index < -0.39 is 17.7 Å². The molecule has 3 aromatic carbocycles. The third kappa shape index (κ3) is 6.73. The number of nitrogen functional groups attached to an aromatic ring is 1. The van der Waals surface area contributed by atoms with Crippen molar-refractivity contribution in [3.05, 3.63) is 99.7 Å². The molecular weight excluding hydrogens is 526 g/mol. The Bertz CT molecular complexity index is 1590. The first kappa shape index (κ1) is 28.9. The Labute approximate surface area is 236 Å². The van der Waals surface area contributed by atoms with E-state index in [1.54, 1.807) is 55.6 Å². The van der Waals surface area contributed by atoms with E-state index in [1.165, 1.54) is 12.1 Å². The van der Waals surface area contributed by atoms with Crippen molar-refractivity contribution in [3.63, 3.8) is 0 Å². The topological polar surface area (TPSA) is 172 Å². The Morgan fingerprint density at radius 1 is 1.15 bits per heavy atom. The number of H-pyrrole nitrogens is 1. The first-order chi connectivity index (χ1) is 19.6. The van der Waals surface area contributed by atoms with Crippen LogP contribution >= 0.6 is 0 Å². The number of nitrogens with zero attached hydrogens (tertiary/aromatic N) is 3. The van der Waals surface area contributed by atoms with Gasteiger partial charge in [0.2, 0.25) is 0 Å². The quantitative estimate of drug-likeness (QED) is 0.129. The van der Waals surface area contributed by atoms with E-state index in [9.17, 15) is 14.7 Å². The van der Waals surface area contributed by atoms with Gasteiger partial charge in [0.15, 0.2) is 17.3 Å². The molecule has 0 aliphatic heterocycles. The van der Waals surface area contributed by atoms with Crippen molar-refractivity contribution in [1.29, 1.82) is 5.41 Å². The summed E-state index contributed by atoms with van der Waals surface area (Å²) in [6.45, 7) is 2.68. The first-order valence-electron chi connectivity index (χ1n) is 12.8. The number of nitrogens with two attached hydrogens (primary N) is 1. The van der Waals surface area contributed by atoms with E-state index in [0.29, 0.717) is 34.9 Å². The minimum Gasteiger partial charge on any atom is -0.493 e. The number of ether oxygens (including phenoxy) is 2. The number of hydrogen-bond acceptors (Lipinski definition) is 8. The molecule has 0 spiro atoms. The second kappa shape index (κ2) is 12.4. The highest BCUT2D eigenvalue weighted by atomic mass is 16.5. The number of benzene rings is 3. The van der Waals surface area contributed by atoms with Gasteiger partial charge >= 0.3 is 11.7 Å². The Kier molecular flexibility index (Phi) is 8.73. The smallest absolute Gasteiger partial charge is 0.348 e. The zero-order chi connectivity index (χ0) is 29.7. The minimum absolute atomic E-state index is 0.0583. The summed E-state index contributed by atoms with van der Waals surface area (Å²) in [4.78, 5) is 29.7. The van der Waals surface area contributed by atoms with Crippen molar-refractivity contribution < 1.29 is 19.4 Å². The Morgan fingerprint density at radius 2 is 1.85 bits per heavy atom. The van der Waals surface area contributed by atoms with Crippen LogP contribution in [0.5, 0.6) is 11.5 Å². The lowest BCUT2D eigenvalue weighted by atomic mass is 10.0. The van der Waals surface area contributed by atoms with Gasteiger partial charge in [-0.3, -0.25) is 10.4 Å². The van der Waals surface area contributed by atoms with Crippen LogP contribution < -0.4 is 26.2 Å². The van der Waals surface area contributed by atoms with Crippen LogP contribution in [0.2, 0.25) is 0 Å². The third-order valence-electron chi connectivity index (χ3n) is 6.25. The number of carboxylic acids is 1. The van der Waals surface area contributed by atoms with E-state index in [4.69, 9.17) is 20.6 Å². The second-order valence-electron chi connectivity index (χ2n) is 9.72. The molecule has 12 nitrogen and oxygen atoms in total. The van der Waals surface area contributed by atoms with Crippen LogP contribution in [0.4, 0.5) is 5.69 Å². The number of aromatic carboxylic acids is 1. The molecule has 0 aliphatic carbocycles. The number of carboxylic acid groups (broad SMARTS) is 1. The molecule has 0 aliphatic rings. The van der Waals surface area contributed by atoms with Crippen LogP contribution in [0.25, 0.3) is 5.69 Å². The molecule has 12 heteroatoms. The van der Waals surface area contributed by atoms with Gasteiger partial charge in [-0.25, -0.2) is 9.59 Å². The number of aromatic nitrogens is 3. The van der Waals surface area contributed by atoms with Crippen LogP contribution in [0.15, 0.2) is 71.5 Å². The van der Waals surface area contributed by atoms with Crippen molar-refractivity contribution >= 4 is 17.5 Å². The van der Waals surface area contributed by atoms with Gasteiger partial charge in [-0.1, -0.05) is 18.2 Å². The van der Waals surface area contributed by atoms with E-state index in [1.807, 2.05) is 32.0 Å². The maximum absolute atomic E-state index is 13.0. The van der Waals surface area contributed by atoms with Gasteiger partial charge in [-0.2, -0.15) is 4.68 Å². The summed E-state index contributed by atoms with van der Waals surface area (Å²) < 4.78 is 12.8. The summed E-state index contributed by atoms with van der Waals surface area (Å²) in [6, 6.07) is 17.8. The third-order valence-corrected chi connectivity index (χ3v) is 6.25. The molecule has 1 aromatic heterocycles. The molecular formula is C29H33N7O5. The highest BCUT2D eigenvalue weighted by molar-refractivity contribution is 5.95. The lowest BCUT2D eigenvalue weighted by Crippen LogP contribution is -2.28. The molecule has 0 saturated heterocycles. The summed E-state index contributed by atoms with van der Waals surface area (Å²) in [6.07, 6.45) is -0.0974. The van der Waals surface area contributed by atoms with Crippen LogP contribution in [0.3, 0.4) is 0 Å². The van der Waals surface area contributed by atoms with Crippen molar-refractivity contribution in [2.24, 2.45) is 5.73 Å². The van der Waals surface area contributed by atoms with Gasteiger partial charge < -0.3 is 30.5 Å². The zero-order valence-corrected chi connectivity index (χ0v) is 23.2. The predicted octanol–water partition coefficient (Wildman–Crippen LogP) is 3.08. The molecule has 0 saturated carbocycles. The average Bonchev–Trinajstić information content (AvgIpc) is 3.32. The molecule has 0 fully saturated rings. The van der Waals surface area contributed by atoms with Crippen LogP contribution in [-0.4, -0.2) is 70.4 Å². The molecule has 0 radical (unpaired) electrons. The average molecular weight is 560 g/mol. The van der Waals surface area contributed by atoms with E-state index in [0.717, 1.165) is 4.68 Å². The summed E-state index contributed by atoms with van der Waals surface area (Å²) in [7, 11) is 5.48. The highest BCUT2D eigenvalue weighted by Crippen LogP contribution is 2.34. The van der Waals surface area contributed by atoms with Gasteiger partial charge in [0.05, 0.1) is 18.4 Å². The second-order valence-corrected chi connectivity index (χ2v) is 9.72. The number of hydrogen-bond donors (Lipinski definition) is 5. The van der Waals surface area contributed by atoms with E-state index in [-0.39, 0.29) is 29.0 Å². The van der Waals surface area contributed by atoms with Crippen molar-refractivity contribution in [1.82, 2.24) is 19.7 Å². The fraction of sp³-hybridized carbons (Fsp3) is 0.241. The molecule has 6 N–H and O–H groups in total. The van der Waals surface area contributed by atoms with E-state index in [2.05, 4.69) is 15.4 Å². The summed E-state index contributed by atoms with van der Waals surface area (Å²) in [5.74, 6) is 0.0511. The van der Waals surface area contributed by atoms with Crippen LogP contribution in [-0.2, 0) is 0 Å². The number of anilines is 1. The van der Waals surface area contributed by atoms with Crippen molar-refractivity contribution in [2.45, 2.75) is 19.1 Å². The fourth-order valence-corrected chi connectivity index (χ4v) is 4.42. The molecule has 1 heterocycles.